The summed E-state index contributed by atoms with van der Waals surface area (Å²) in [7, 11) is 1.27. The molecule has 0 saturated heterocycles. The summed E-state index contributed by atoms with van der Waals surface area (Å²) < 4.78 is 29.4. The maximum absolute atomic E-state index is 14.0. The van der Waals surface area contributed by atoms with Crippen molar-refractivity contribution in [2.45, 2.75) is 40.3 Å². The number of esters is 2. The third-order valence-electron chi connectivity index (χ3n) is 7.38. The van der Waals surface area contributed by atoms with Crippen LogP contribution in [0.2, 0.25) is 0 Å². The van der Waals surface area contributed by atoms with Gasteiger partial charge in [-0.2, -0.15) is 0 Å². The zero-order valence-corrected chi connectivity index (χ0v) is 27.7. The molecule has 244 valence electrons. The third kappa shape index (κ3) is 7.63. The van der Waals surface area contributed by atoms with Gasteiger partial charge in [0, 0.05) is 0 Å². The van der Waals surface area contributed by atoms with E-state index in [1.807, 2.05) is 50.2 Å². The standard InChI is InChI=1S/C36H36N2O8S/c1-6-43-29-19-26(14-17-28(29)46-21-31(39)42-5)33-32(35(41)44-7-2)23(4)37-36-38(33)34(40)30(47-36)18-24-12-15-27(16-13-24)45-20-25-10-8-22(3)9-11-25/h8-19,33H,6-7,20-21H2,1-5H3/b30-18-/t33-/m1/s1. The molecule has 47 heavy (non-hydrogen) atoms. The Bertz CT molecular complexity index is 1970. The number of hydrogen-bond donors (Lipinski definition) is 0. The Morgan fingerprint density at radius 2 is 1.66 bits per heavy atom. The van der Waals surface area contributed by atoms with E-state index in [0.717, 1.165) is 11.1 Å². The molecule has 0 bridgehead atoms. The average Bonchev–Trinajstić information content (AvgIpc) is 3.37. The number of carbonyl (C=O) groups excluding carboxylic acids is 2. The second-order valence-corrected chi connectivity index (χ2v) is 11.7. The summed E-state index contributed by atoms with van der Waals surface area (Å²) >= 11 is 1.23. The number of fused-ring (bicyclic) bond motifs is 1. The molecule has 4 aromatic rings. The van der Waals surface area contributed by atoms with Crippen LogP contribution in [0, 0.1) is 6.92 Å². The van der Waals surface area contributed by atoms with E-state index < -0.39 is 18.0 Å². The first kappa shape index (κ1) is 33.2. The highest BCUT2D eigenvalue weighted by molar-refractivity contribution is 7.07. The molecule has 0 saturated carbocycles. The van der Waals surface area contributed by atoms with Gasteiger partial charge in [-0.05, 0) is 74.7 Å². The van der Waals surface area contributed by atoms with Crippen LogP contribution in [-0.4, -0.2) is 43.4 Å². The van der Waals surface area contributed by atoms with Crippen molar-refractivity contribution in [3.05, 3.63) is 120 Å². The molecule has 5 rings (SSSR count). The number of allylic oxidation sites excluding steroid dienone is 1. The number of thiazole rings is 1. The molecule has 2 heterocycles. The molecule has 0 spiro atoms. The number of hydrogen-bond acceptors (Lipinski definition) is 10. The molecule has 1 aliphatic heterocycles. The summed E-state index contributed by atoms with van der Waals surface area (Å²) in [6.07, 6.45) is 1.80. The topological polar surface area (TPSA) is 115 Å². The second kappa shape index (κ2) is 15.0. The lowest BCUT2D eigenvalue weighted by atomic mass is 9.95. The van der Waals surface area contributed by atoms with Crippen LogP contribution >= 0.6 is 11.3 Å². The summed E-state index contributed by atoms with van der Waals surface area (Å²) in [6, 6.07) is 19.9. The summed E-state index contributed by atoms with van der Waals surface area (Å²) in [6.45, 7) is 7.92. The first-order valence-corrected chi connectivity index (χ1v) is 16.0. The van der Waals surface area contributed by atoms with Gasteiger partial charge in [0.25, 0.3) is 5.56 Å². The molecular weight excluding hydrogens is 620 g/mol. The van der Waals surface area contributed by atoms with Crippen LogP contribution in [0.25, 0.3) is 6.08 Å². The lowest BCUT2D eigenvalue weighted by Crippen LogP contribution is -2.40. The summed E-state index contributed by atoms with van der Waals surface area (Å²) in [5.74, 6) is 0.258. The molecule has 10 nitrogen and oxygen atoms in total. The second-order valence-electron chi connectivity index (χ2n) is 10.6. The summed E-state index contributed by atoms with van der Waals surface area (Å²) in [5, 5.41) is 0. The zero-order valence-electron chi connectivity index (χ0n) is 26.9. The van der Waals surface area contributed by atoms with Crippen LogP contribution in [-0.2, 0) is 25.7 Å². The number of carbonyl (C=O) groups is 2. The van der Waals surface area contributed by atoms with Crippen molar-refractivity contribution in [2.24, 2.45) is 4.99 Å². The molecular formula is C36H36N2O8S. The van der Waals surface area contributed by atoms with Gasteiger partial charge in [0.05, 0.1) is 42.2 Å². The van der Waals surface area contributed by atoms with E-state index in [0.29, 0.717) is 51.1 Å². The quantitative estimate of drug-likeness (QED) is 0.203. The molecule has 1 aromatic heterocycles. The van der Waals surface area contributed by atoms with Crippen LogP contribution < -0.4 is 29.1 Å². The maximum atomic E-state index is 14.0. The van der Waals surface area contributed by atoms with Crippen molar-refractivity contribution in [1.29, 1.82) is 0 Å². The number of aryl methyl sites for hydroxylation is 1. The van der Waals surface area contributed by atoms with Crippen LogP contribution in [0.5, 0.6) is 17.2 Å². The van der Waals surface area contributed by atoms with Gasteiger partial charge in [0.2, 0.25) is 0 Å². The maximum Gasteiger partial charge on any atom is 0.343 e. The number of rotatable bonds is 12. The molecule has 1 atom stereocenters. The normalized spacial score (nSPS) is 14.2. The van der Waals surface area contributed by atoms with Gasteiger partial charge >= 0.3 is 11.9 Å². The summed E-state index contributed by atoms with van der Waals surface area (Å²) in [4.78, 5) is 44.2. The Hall–Kier alpha value is -5.16. The van der Waals surface area contributed by atoms with Crippen molar-refractivity contribution in [1.82, 2.24) is 4.57 Å². The van der Waals surface area contributed by atoms with Crippen LogP contribution in [0.15, 0.2) is 87.8 Å². The summed E-state index contributed by atoms with van der Waals surface area (Å²) in [5.41, 5.74) is 4.03. The lowest BCUT2D eigenvalue weighted by molar-refractivity contribution is -0.143. The molecule has 11 heteroatoms. The number of ether oxygens (including phenoxy) is 5. The fourth-order valence-electron chi connectivity index (χ4n) is 5.05. The number of aromatic nitrogens is 1. The van der Waals surface area contributed by atoms with Gasteiger partial charge in [-0.1, -0.05) is 59.4 Å². The zero-order chi connectivity index (χ0) is 33.5. The predicted octanol–water partition coefficient (Wildman–Crippen LogP) is 4.64. The highest BCUT2D eigenvalue weighted by Gasteiger charge is 2.34. The lowest BCUT2D eigenvalue weighted by Gasteiger charge is -2.25. The van der Waals surface area contributed by atoms with Crippen LogP contribution in [0.3, 0.4) is 0 Å². The van der Waals surface area contributed by atoms with Crippen LogP contribution in [0.1, 0.15) is 49.1 Å². The monoisotopic (exact) mass is 656 g/mol. The minimum Gasteiger partial charge on any atom is -0.490 e. The van der Waals surface area contributed by atoms with Gasteiger partial charge in [-0.25, -0.2) is 14.6 Å². The smallest absolute Gasteiger partial charge is 0.343 e. The minimum atomic E-state index is -0.848. The van der Waals surface area contributed by atoms with Gasteiger partial charge in [0.1, 0.15) is 12.4 Å². The molecule has 3 aromatic carbocycles. The van der Waals surface area contributed by atoms with Crippen LogP contribution in [0.4, 0.5) is 0 Å². The fourth-order valence-corrected chi connectivity index (χ4v) is 6.09. The largest absolute Gasteiger partial charge is 0.490 e. The van der Waals surface area contributed by atoms with E-state index in [9.17, 15) is 14.4 Å². The van der Waals surface area contributed by atoms with Crippen molar-refractivity contribution in [3.63, 3.8) is 0 Å². The fraction of sp³-hybridized carbons (Fsp3) is 0.278. The average molecular weight is 657 g/mol. The highest BCUT2D eigenvalue weighted by atomic mass is 32.1. The Balaban J connectivity index is 1.51. The van der Waals surface area contributed by atoms with Gasteiger partial charge < -0.3 is 23.7 Å². The van der Waals surface area contributed by atoms with E-state index in [4.69, 9.17) is 18.9 Å². The molecule has 0 fully saturated rings. The molecule has 0 N–H and O–H groups in total. The van der Waals surface area contributed by atoms with Crippen molar-refractivity contribution in [3.8, 4) is 17.2 Å². The Labute approximate surface area is 276 Å². The molecule has 0 unspecified atom stereocenters. The van der Waals surface area contributed by atoms with Gasteiger partial charge in [0.15, 0.2) is 22.9 Å². The van der Waals surface area contributed by atoms with Crippen molar-refractivity contribution in [2.75, 3.05) is 26.9 Å². The van der Waals surface area contributed by atoms with Crippen molar-refractivity contribution >= 4 is 29.4 Å². The van der Waals surface area contributed by atoms with E-state index in [-0.39, 0.29) is 24.3 Å². The first-order chi connectivity index (χ1) is 22.7. The molecule has 0 amide bonds. The highest BCUT2D eigenvalue weighted by Crippen LogP contribution is 2.36. The Kier molecular flexibility index (Phi) is 10.6. The van der Waals surface area contributed by atoms with Crippen molar-refractivity contribution < 1.29 is 33.3 Å². The van der Waals surface area contributed by atoms with E-state index in [1.54, 1.807) is 38.1 Å². The SMILES string of the molecule is CCOC(=O)C1=C(C)N=c2s/c(=C\c3ccc(OCc4ccc(C)cc4)cc3)c(=O)n2[C@@H]1c1ccc(OCC(=O)OC)c(OCC)c1. The predicted molar refractivity (Wildman–Crippen MR) is 177 cm³/mol. The van der Waals surface area contributed by atoms with Gasteiger partial charge in [-0.15, -0.1) is 0 Å². The molecule has 0 aliphatic carbocycles. The van der Waals surface area contributed by atoms with E-state index >= 15 is 0 Å². The van der Waals surface area contributed by atoms with E-state index in [1.165, 1.54) is 28.6 Å². The number of methoxy groups -OCH3 is 1. The first-order valence-electron chi connectivity index (χ1n) is 15.2. The minimum absolute atomic E-state index is 0.155. The number of benzene rings is 3. The third-order valence-corrected chi connectivity index (χ3v) is 8.36. The molecule has 0 radical (unpaired) electrons. The van der Waals surface area contributed by atoms with Gasteiger partial charge in [-0.3, -0.25) is 9.36 Å². The molecule has 1 aliphatic rings. The Morgan fingerprint density at radius 1 is 0.915 bits per heavy atom. The Morgan fingerprint density at radius 3 is 2.34 bits per heavy atom. The number of nitrogens with zero attached hydrogens (tertiary/aromatic N) is 2. The van der Waals surface area contributed by atoms with E-state index in [2.05, 4.69) is 21.9 Å².